The highest BCUT2D eigenvalue weighted by molar-refractivity contribution is 14.0. The number of hydrogen-bond donors (Lipinski definition) is 4. The summed E-state index contributed by atoms with van der Waals surface area (Å²) >= 11 is 1.52. The molecule has 8 heteroatoms. The van der Waals surface area contributed by atoms with Crippen molar-refractivity contribution in [1.82, 2.24) is 16.0 Å². The molecule has 30 heavy (non-hydrogen) atoms. The van der Waals surface area contributed by atoms with E-state index in [1.54, 1.807) is 13.0 Å². The minimum absolute atomic E-state index is 0. The smallest absolute Gasteiger partial charge is 0.251 e. The van der Waals surface area contributed by atoms with Crippen LogP contribution in [0.1, 0.15) is 55.4 Å². The fourth-order valence-corrected chi connectivity index (χ4v) is 3.45. The maximum absolute atomic E-state index is 12.4. The Kier molecular flexibility index (Phi) is 10.3. The number of benzene rings is 1. The molecular formula is C22H33IN4O2S. The monoisotopic (exact) mass is 544 g/mol. The Morgan fingerprint density at radius 1 is 1.13 bits per heavy atom. The van der Waals surface area contributed by atoms with E-state index < -0.39 is 5.60 Å². The molecule has 1 heterocycles. The number of halogens is 1. The summed E-state index contributed by atoms with van der Waals surface area (Å²) in [5.41, 5.74) is 0.294. The molecule has 0 radical (unpaired) electrons. The van der Waals surface area contributed by atoms with Gasteiger partial charge in [-0.1, -0.05) is 18.2 Å². The zero-order valence-corrected chi connectivity index (χ0v) is 21.4. The molecule has 0 saturated heterocycles. The van der Waals surface area contributed by atoms with Crippen LogP contribution in [0.4, 0.5) is 0 Å². The topological polar surface area (TPSA) is 85.8 Å². The molecule has 0 saturated carbocycles. The Morgan fingerprint density at radius 2 is 1.87 bits per heavy atom. The van der Waals surface area contributed by atoms with Crippen molar-refractivity contribution >= 4 is 47.2 Å². The van der Waals surface area contributed by atoms with Gasteiger partial charge >= 0.3 is 0 Å². The Hall–Kier alpha value is -1.65. The number of carbonyl (C=O) groups excluding carboxylic acids is 1. The molecule has 2 rings (SSSR count). The van der Waals surface area contributed by atoms with E-state index >= 15 is 0 Å². The number of hydrogen-bond acceptors (Lipinski definition) is 4. The van der Waals surface area contributed by atoms with E-state index in [0.717, 1.165) is 10.4 Å². The molecule has 1 aromatic carbocycles. The molecule has 2 aromatic rings. The third-order valence-corrected chi connectivity index (χ3v) is 5.22. The molecule has 0 aliphatic rings. The summed E-state index contributed by atoms with van der Waals surface area (Å²) in [6, 6.07) is 11.3. The van der Waals surface area contributed by atoms with E-state index in [4.69, 9.17) is 0 Å². The van der Waals surface area contributed by atoms with Crippen LogP contribution in [0.3, 0.4) is 0 Å². The van der Waals surface area contributed by atoms with Crippen LogP contribution < -0.4 is 16.0 Å². The van der Waals surface area contributed by atoms with Crippen LogP contribution in [0, 0.1) is 0 Å². The fourth-order valence-electron chi connectivity index (χ4n) is 2.66. The van der Waals surface area contributed by atoms with Crippen LogP contribution in [-0.4, -0.2) is 35.6 Å². The number of aliphatic hydroxyl groups is 1. The highest BCUT2D eigenvalue weighted by Gasteiger charge is 2.24. The Morgan fingerprint density at radius 3 is 2.47 bits per heavy atom. The van der Waals surface area contributed by atoms with Gasteiger partial charge in [-0.3, -0.25) is 4.79 Å². The van der Waals surface area contributed by atoms with Crippen LogP contribution in [0.5, 0.6) is 0 Å². The van der Waals surface area contributed by atoms with Gasteiger partial charge in [0.1, 0.15) is 5.60 Å². The molecule has 1 atom stereocenters. The molecule has 0 fully saturated rings. The molecule has 166 valence electrons. The fraction of sp³-hybridized carbons (Fsp3) is 0.455. The van der Waals surface area contributed by atoms with Gasteiger partial charge in [-0.25, -0.2) is 4.99 Å². The van der Waals surface area contributed by atoms with E-state index in [1.807, 2.05) is 63.4 Å². The van der Waals surface area contributed by atoms with Gasteiger partial charge in [0.2, 0.25) is 0 Å². The Bertz CT molecular complexity index is 830. The van der Waals surface area contributed by atoms with E-state index in [-0.39, 0.29) is 35.4 Å². The van der Waals surface area contributed by atoms with Crippen molar-refractivity contribution < 1.29 is 9.90 Å². The lowest BCUT2D eigenvalue weighted by molar-refractivity contribution is 0.0655. The van der Waals surface area contributed by atoms with Crippen LogP contribution in [0.15, 0.2) is 46.8 Å². The van der Waals surface area contributed by atoms with Crippen LogP contribution in [0.25, 0.3) is 0 Å². The number of carbonyl (C=O) groups is 1. The van der Waals surface area contributed by atoms with Crippen molar-refractivity contribution in [1.29, 1.82) is 0 Å². The van der Waals surface area contributed by atoms with Crippen molar-refractivity contribution in [2.24, 2.45) is 4.99 Å². The van der Waals surface area contributed by atoms with Gasteiger partial charge in [0.25, 0.3) is 5.91 Å². The number of rotatable bonds is 7. The Balaban J connectivity index is 0.00000450. The van der Waals surface area contributed by atoms with E-state index in [0.29, 0.717) is 31.2 Å². The number of amides is 1. The average Bonchev–Trinajstić information content (AvgIpc) is 3.19. The second-order valence-corrected chi connectivity index (χ2v) is 9.15. The van der Waals surface area contributed by atoms with Gasteiger partial charge in [-0.2, -0.15) is 0 Å². The van der Waals surface area contributed by atoms with Crippen LogP contribution in [0.2, 0.25) is 0 Å². The summed E-state index contributed by atoms with van der Waals surface area (Å²) < 4.78 is 0. The lowest BCUT2D eigenvalue weighted by atomic mass is 10.1. The standard InChI is InChI=1S/C22H32N4O2S.HI/c1-6-23-20(25-15-22(5,28)18-11-8-12-29-18)24-14-16-9-7-10-17(13-16)19(27)26-21(2,3)4;/h7-13,28H,6,14-15H2,1-5H3,(H,26,27)(H2,23,24,25);1H. The SMILES string of the molecule is CCNC(=NCc1cccc(C(=O)NC(C)(C)C)c1)NCC(C)(O)c1cccs1.I. The molecule has 1 aromatic heterocycles. The molecule has 0 bridgehead atoms. The summed E-state index contributed by atoms with van der Waals surface area (Å²) in [4.78, 5) is 17.9. The van der Waals surface area contributed by atoms with E-state index in [2.05, 4.69) is 20.9 Å². The number of nitrogens with zero attached hydrogens (tertiary/aromatic N) is 1. The van der Waals surface area contributed by atoms with Gasteiger partial charge in [0.05, 0.1) is 13.1 Å². The molecule has 6 nitrogen and oxygen atoms in total. The lowest BCUT2D eigenvalue weighted by Crippen LogP contribution is -2.44. The minimum atomic E-state index is -0.977. The van der Waals surface area contributed by atoms with Gasteiger partial charge in [0.15, 0.2) is 5.96 Å². The van der Waals surface area contributed by atoms with Gasteiger partial charge < -0.3 is 21.1 Å². The third kappa shape index (κ3) is 8.61. The van der Waals surface area contributed by atoms with Gasteiger partial charge in [0, 0.05) is 22.5 Å². The largest absolute Gasteiger partial charge is 0.383 e. The third-order valence-electron chi connectivity index (χ3n) is 4.09. The van der Waals surface area contributed by atoms with Crippen LogP contribution >= 0.6 is 35.3 Å². The maximum Gasteiger partial charge on any atom is 0.251 e. The number of guanidine groups is 1. The van der Waals surface area contributed by atoms with Crippen molar-refractivity contribution in [2.75, 3.05) is 13.1 Å². The molecule has 1 unspecified atom stereocenters. The minimum Gasteiger partial charge on any atom is -0.383 e. The first-order valence-electron chi connectivity index (χ1n) is 9.81. The Labute approximate surface area is 200 Å². The zero-order chi connectivity index (χ0) is 21.5. The summed E-state index contributed by atoms with van der Waals surface area (Å²) in [5, 5.41) is 22.0. The van der Waals surface area contributed by atoms with Crippen molar-refractivity contribution in [3.8, 4) is 0 Å². The van der Waals surface area contributed by atoms with E-state index in [1.165, 1.54) is 11.3 Å². The maximum atomic E-state index is 12.4. The first-order chi connectivity index (χ1) is 13.6. The first-order valence-corrected chi connectivity index (χ1v) is 10.7. The molecule has 1 amide bonds. The highest BCUT2D eigenvalue weighted by Crippen LogP contribution is 2.24. The van der Waals surface area contributed by atoms with Crippen LogP contribution in [-0.2, 0) is 12.1 Å². The zero-order valence-electron chi connectivity index (χ0n) is 18.3. The highest BCUT2D eigenvalue weighted by atomic mass is 127. The summed E-state index contributed by atoms with van der Waals surface area (Å²) in [7, 11) is 0. The molecular weight excluding hydrogens is 511 g/mol. The molecule has 0 spiro atoms. The van der Waals surface area contributed by atoms with Crippen molar-refractivity contribution in [3.05, 3.63) is 57.8 Å². The summed E-state index contributed by atoms with van der Waals surface area (Å²) in [6.07, 6.45) is 0. The van der Waals surface area contributed by atoms with Gasteiger partial charge in [-0.15, -0.1) is 35.3 Å². The summed E-state index contributed by atoms with van der Waals surface area (Å²) in [5.74, 6) is 0.522. The normalized spacial score (nSPS) is 13.7. The van der Waals surface area contributed by atoms with E-state index in [9.17, 15) is 9.90 Å². The lowest BCUT2D eigenvalue weighted by Gasteiger charge is -2.23. The van der Waals surface area contributed by atoms with Crippen molar-refractivity contribution in [3.63, 3.8) is 0 Å². The quantitative estimate of drug-likeness (QED) is 0.242. The average molecular weight is 545 g/mol. The predicted octanol–water partition coefficient (Wildman–Crippen LogP) is 3.86. The number of aliphatic imine (C=N–C) groups is 1. The van der Waals surface area contributed by atoms with Gasteiger partial charge in [-0.05, 0) is 63.8 Å². The first kappa shape index (κ1) is 26.4. The second kappa shape index (κ2) is 11.7. The predicted molar refractivity (Wildman–Crippen MR) is 136 cm³/mol. The summed E-state index contributed by atoms with van der Waals surface area (Å²) in [6.45, 7) is 11.1. The second-order valence-electron chi connectivity index (χ2n) is 8.20. The molecule has 4 N–H and O–H groups in total. The van der Waals surface area contributed by atoms with Crippen molar-refractivity contribution in [2.45, 2.75) is 52.3 Å². The molecule has 0 aliphatic carbocycles. The number of nitrogens with one attached hydrogen (secondary N) is 3. The number of thiophene rings is 1. The molecule has 0 aliphatic heterocycles.